The molecule has 0 radical (unpaired) electrons. The summed E-state index contributed by atoms with van der Waals surface area (Å²) in [4.78, 5) is 4.93. The topological polar surface area (TPSA) is 35.9 Å². The number of ether oxygens (including phenoxy) is 1. The van der Waals surface area contributed by atoms with Gasteiger partial charge in [-0.2, -0.15) is 0 Å². The van der Waals surface area contributed by atoms with E-state index < -0.39 is 0 Å². The van der Waals surface area contributed by atoms with Gasteiger partial charge in [0.2, 0.25) is 0 Å². The van der Waals surface area contributed by atoms with Gasteiger partial charge in [-0.25, -0.2) is 4.98 Å². The summed E-state index contributed by atoms with van der Waals surface area (Å²) >= 11 is 0. The number of aromatic nitrogens is 4. The van der Waals surface area contributed by atoms with Gasteiger partial charge in [-0.15, -0.1) is 0 Å². The molecule has 0 fully saturated rings. The molecule has 5 nitrogen and oxygen atoms in total. The third-order valence-electron chi connectivity index (χ3n) is 17.9. The first-order valence-corrected chi connectivity index (χ1v) is 28.9. The molecule has 12 rings (SSSR count). The zero-order valence-electron chi connectivity index (χ0n) is 49.6. The van der Waals surface area contributed by atoms with Gasteiger partial charge in [0.1, 0.15) is 17.3 Å². The Bertz CT molecular complexity index is 3940. The van der Waals surface area contributed by atoms with Crippen LogP contribution in [0.25, 0.3) is 72.3 Å². The molecule has 2 aliphatic carbocycles. The molecule has 0 unspecified atom stereocenters. The number of hydrogen-bond donors (Lipinski definition) is 0. The van der Waals surface area contributed by atoms with Crippen LogP contribution in [0.3, 0.4) is 0 Å². The molecule has 3 aromatic heterocycles. The molecule has 7 aromatic carbocycles. The molecular formula is C74H80N4O. The van der Waals surface area contributed by atoms with E-state index in [-0.39, 0.29) is 37.9 Å². The maximum atomic E-state index is 6.90. The summed E-state index contributed by atoms with van der Waals surface area (Å²) in [6.45, 7) is 36.3. The number of hydrogen-bond acceptors (Lipinski definition) is 2. The van der Waals surface area contributed by atoms with Crippen molar-refractivity contribution in [2.45, 2.75) is 157 Å². The fraction of sp³-hybridized carbons (Fsp3) is 0.351. The van der Waals surface area contributed by atoms with Crippen molar-refractivity contribution < 1.29 is 9.30 Å². The minimum Gasteiger partial charge on any atom is -0.458 e. The first-order chi connectivity index (χ1) is 37.2. The second-order valence-corrected chi connectivity index (χ2v) is 28.8. The molecule has 0 amide bonds. The average Bonchev–Trinajstić information content (AvgIpc) is 4.18. The summed E-state index contributed by atoms with van der Waals surface area (Å²) in [5, 5.41) is 2.34. The summed E-state index contributed by atoms with van der Waals surface area (Å²) < 4.78 is 13.7. The van der Waals surface area contributed by atoms with Crippen molar-refractivity contribution in [2.75, 3.05) is 0 Å². The largest absolute Gasteiger partial charge is 0.458 e. The number of imidazole rings is 1. The summed E-state index contributed by atoms with van der Waals surface area (Å²) in [6, 6.07) is 58.4. The lowest BCUT2D eigenvalue weighted by molar-refractivity contribution is -0.571. The average molecular weight is 1040 g/mol. The van der Waals surface area contributed by atoms with E-state index in [2.05, 4.69) is 282 Å². The van der Waals surface area contributed by atoms with E-state index in [1.807, 2.05) is 6.20 Å². The minimum absolute atomic E-state index is 0.0225. The molecule has 0 saturated carbocycles. The van der Waals surface area contributed by atoms with Gasteiger partial charge in [-0.05, 0) is 162 Å². The molecule has 79 heavy (non-hydrogen) atoms. The molecule has 3 heterocycles. The molecular weight excluding hydrogens is 961 g/mol. The lowest BCUT2D eigenvalue weighted by Gasteiger charge is -2.34. The van der Waals surface area contributed by atoms with E-state index in [1.54, 1.807) is 0 Å². The first-order valence-electron chi connectivity index (χ1n) is 28.9. The standard InChI is InChI=1S/C74H80N4O/c1-68(2,3)50-36-37-75-66(40-50)78-62-27-17-16-24-56(62)57-33-32-53(42-65(57)78)79-52-23-20-22-51(41-52)76-47-77(64-29-19-18-28-63(64)76)67-54(48-30-34-58-60(38-48)73(12,13)45-69(4,5)43-71(58,8)9)25-21-26-55(67)49-31-35-59-61(39-49)74(14,15)46-70(6,7)44-72(59,10)11/h16-42H,43-46H2,1-15H3. The van der Waals surface area contributed by atoms with Gasteiger partial charge >= 0.3 is 0 Å². The van der Waals surface area contributed by atoms with Crippen molar-refractivity contribution in [3.05, 3.63) is 198 Å². The lowest BCUT2D eigenvalue weighted by Crippen LogP contribution is -2.31. The Morgan fingerprint density at radius 2 is 1.01 bits per heavy atom. The van der Waals surface area contributed by atoms with Gasteiger partial charge in [-0.3, -0.25) is 13.7 Å². The quantitative estimate of drug-likeness (QED) is 0.0906. The Balaban J connectivity index is 1.02. The molecule has 0 N–H and O–H groups in total. The Hall–Kier alpha value is -7.24. The highest BCUT2D eigenvalue weighted by Crippen LogP contribution is 2.54. The highest BCUT2D eigenvalue weighted by atomic mass is 16.5. The zero-order chi connectivity index (χ0) is 55.8. The maximum absolute atomic E-state index is 6.90. The van der Waals surface area contributed by atoms with Crippen molar-refractivity contribution in [1.82, 2.24) is 14.1 Å². The fourth-order valence-corrected chi connectivity index (χ4v) is 15.8. The van der Waals surface area contributed by atoms with Gasteiger partial charge in [0.05, 0.1) is 33.4 Å². The highest BCUT2D eigenvalue weighted by molar-refractivity contribution is 6.09. The van der Waals surface area contributed by atoms with Gasteiger partial charge < -0.3 is 4.74 Å². The van der Waals surface area contributed by atoms with Crippen molar-refractivity contribution in [1.29, 1.82) is 0 Å². The molecule has 5 heteroatoms. The van der Waals surface area contributed by atoms with Crippen LogP contribution in [0.5, 0.6) is 11.5 Å². The van der Waals surface area contributed by atoms with Crippen molar-refractivity contribution >= 4 is 32.8 Å². The molecule has 2 aliphatic rings. The van der Waals surface area contributed by atoms with Crippen LogP contribution in [0, 0.1) is 17.2 Å². The number of fused-ring (bicyclic) bond motifs is 6. The highest BCUT2D eigenvalue weighted by Gasteiger charge is 2.44. The Labute approximate surface area is 470 Å². The second kappa shape index (κ2) is 18.1. The van der Waals surface area contributed by atoms with E-state index in [4.69, 9.17) is 9.72 Å². The van der Waals surface area contributed by atoms with Crippen LogP contribution in [0.1, 0.15) is 157 Å². The van der Waals surface area contributed by atoms with Crippen LogP contribution in [-0.2, 0) is 27.1 Å². The van der Waals surface area contributed by atoms with E-state index >= 15 is 0 Å². The maximum Gasteiger partial charge on any atom is 0.269 e. The summed E-state index contributed by atoms with van der Waals surface area (Å²) in [5.41, 5.74) is 18.6. The number of benzene rings is 7. The molecule has 0 atom stereocenters. The SMILES string of the molecule is CC1(C)CC(C)(C)c2ccc(-c3cccc(-c4ccc5c(c4)C(C)(C)CC(C)(C)CC5(C)C)c3-[n+]3[c-]n(-c4cccc(Oc5ccc6c7ccccc7n(-c7cc(C(C)(C)C)ccn7)c6c5)c4)c4ccccc43)cc2C(C)(C)C1. The summed E-state index contributed by atoms with van der Waals surface area (Å²) in [7, 11) is 0. The Kier molecular flexibility index (Phi) is 12.0. The van der Waals surface area contributed by atoms with Crippen LogP contribution >= 0.6 is 0 Å². The Morgan fingerprint density at radius 3 is 1.62 bits per heavy atom. The zero-order valence-corrected chi connectivity index (χ0v) is 49.6. The van der Waals surface area contributed by atoms with E-state index in [1.165, 1.54) is 55.5 Å². The van der Waals surface area contributed by atoms with Crippen LogP contribution in [0.4, 0.5) is 0 Å². The molecule has 0 saturated heterocycles. The third-order valence-corrected chi connectivity index (χ3v) is 17.9. The van der Waals surface area contributed by atoms with Crippen LogP contribution in [-0.4, -0.2) is 14.1 Å². The summed E-state index contributed by atoms with van der Waals surface area (Å²) in [5.74, 6) is 2.38. The molecule has 402 valence electrons. The number of nitrogens with zero attached hydrogens (tertiary/aromatic N) is 4. The van der Waals surface area contributed by atoms with Crippen molar-refractivity contribution in [2.24, 2.45) is 10.8 Å². The fourth-order valence-electron chi connectivity index (χ4n) is 15.8. The molecule has 0 bridgehead atoms. The van der Waals surface area contributed by atoms with Gasteiger partial charge in [-0.1, -0.05) is 207 Å². The molecule has 10 aromatic rings. The monoisotopic (exact) mass is 1040 g/mol. The van der Waals surface area contributed by atoms with E-state index in [9.17, 15) is 0 Å². The summed E-state index contributed by atoms with van der Waals surface area (Å²) in [6.07, 6.45) is 10.5. The number of para-hydroxylation sites is 4. The van der Waals surface area contributed by atoms with E-state index in [0.717, 1.165) is 81.8 Å². The van der Waals surface area contributed by atoms with Gasteiger partial charge in [0, 0.05) is 23.0 Å². The molecule has 0 aliphatic heterocycles. The van der Waals surface area contributed by atoms with Gasteiger partial charge in [0.25, 0.3) is 6.33 Å². The number of rotatable bonds is 7. The van der Waals surface area contributed by atoms with Crippen molar-refractivity contribution in [3.8, 4) is 50.9 Å². The first kappa shape index (κ1) is 52.5. The lowest BCUT2D eigenvalue weighted by atomic mass is 9.70. The van der Waals surface area contributed by atoms with E-state index in [0.29, 0.717) is 0 Å². The van der Waals surface area contributed by atoms with Crippen LogP contribution in [0.2, 0.25) is 0 Å². The second-order valence-electron chi connectivity index (χ2n) is 28.8. The number of pyridine rings is 1. The third kappa shape index (κ3) is 9.29. The predicted molar refractivity (Wildman–Crippen MR) is 330 cm³/mol. The van der Waals surface area contributed by atoms with Gasteiger partial charge in [0.15, 0.2) is 0 Å². The Morgan fingerprint density at radius 1 is 0.481 bits per heavy atom. The molecule has 0 spiro atoms. The van der Waals surface area contributed by atoms with Crippen molar-refractivity contribution in [3.63, 3.8) is 0 Å². The minimum atomic E-state index is -0.0229. The van der Waals surface area contributed by atoms with Crippen LogP contribution in [0.15, 0.2) is 164 Å². The smallest absolute Gasteiger partial charge is 0.269 e. The van der Waals surface area contributed by atoms with Crippen LogP contribution < -0.4 is 9.30 Å². The predicted octanol–water partition coefficient (Wildman–Crippen LogP) is 19.4. The normalized spacial score (nSPS) is 18.0.